The highest BCUT2D eigenvalue weighted by atomic mass is 16.5. The van der Waals surface area contributed by atoms with Crippen LogP contribution in [-0.2, 0) is 4.74 Å². The van der Waals surface area contributed by atoms with E-state index in [0.717, 1.165) is 29.5 Å². The van der Waals surface area contributed by atoms with E-state index in [2.05, 4.69) is 20.2 Å². The molecule has 7 nitrogen and oxygen atoms in total. The second-order valence-electron chi connectivity index (χ2n) is 6.50. The molecule has 2 N–H and O–H groups in total. The number of rotatable bonds is 3. The SMILES string of the molecule is Cc1cc(=O)[nH]cc1C(=O)Nc1ccc(N2CCOCC2)c2ccncc12. The molecule has 1 aromatic carbocycles. The van der Waals surface area contributed by atoms with Gasteiger partial charge in [-0.2, -0.15) is 0 Å². The number of ether oxygens (including phenoxy) is 1. The van der Waals surface area contributed by atoms with Gasteiger partial charge in [-0.15, -0.1) is 0 Å². The Hall–Kier alpha value is -3.19. The maximum Gasteiger partial charge on any atom is 0.257 e. The van der Waals surface area contributed by atoms with E-state index in [4.69, 9.17) is 4.74 Å². The largest absolute Gasteiger partial charge is 0.378 e. The summed E-state index contributed by atoms with van der Waals surface area (Å²) in [4.78, 5) is 33.1. The Bertz CT molecular complexity index is 1050. The van der Waals surface area contributed by atoms with Crippen molar-refractivity contribution in [2.75, 3.05) is 36.5 Å². The molecule has 138 valence electrons. The van der Waals surface area contributed by atoms with Gasteiger partial charge in [-0.05, 0) is 30.7 Å². The number of nitrogens with zero attached hydrogens (tertiary/aromatic N) is 2. The fourth-order valence-corrected chi connectivity index (χ4v) is 3.37. The quantitative estimate of drug-likeness (QED) is 0.745. The molecule has 3 aromatic rings. The van der Waals surface area contributed by atoms with Crippen LogP contribution < -0.4 is 15.8 Å². The number of nitrogens with one attached hydrogen (secondary N) is 2. The number of benzene rings is 1. The predicted octanol–water partition coefficient (Wildman–Crippen LogP) is 2.32. The second-order valence-corrected chi connectivity index (χ2v) is 6.50. The summed E-state index contributed by atoms with van der Waals surface area (Å²) in [6.45, 7) is 4.82. The molecular formula is C20H20N4O3. The van der Waals surface area contributed by atoms with Gasteiger partial charge in [0.05, 0.1) is 24.5 Å². The zero-order valence-electron chi connectivity index (χ0n) is 15.0. The van der Waals surface area contributed by atoms with Crippen LogP contribution in [0.5, 0.6) is 0 Å². The van der Waals surface area contributed by atoms with Gasteiger partial charge in [-0.1, -0.05) is 0 Å². The van der Waals surface area contributed by atoms with Gasteiger partial charge in [-0.25, -0.2) is 0 Å². The number of hydrogen-bond acceptors (Lipinski definition) is 5. The van der Waals surface area contributed by atoms with Gasteiger partial charge in [0.1, 0.15) is 0 Å². The Balaban J connectivity index is 1.70. The number of carbonyl (C=O) groups is 1. The van der Waals surface area contributed by atoms with Gasteiger partial charge in [0.15, 0.2) is 0 Å². The molecule has 27 heavy (non-hydrogen) atoms. The number of morpholine rings is 1. The summed E-state index contributed by atoms with van der Waals surface area (Å²) in [5.74, 6) is -0.270. The van der Waals surface area contributed by atoms with Crippen molar-refractivity contribution < 1.29 is 9.53 Å². The summed E-state index contributed by atoms with van der Waals surface area (Å²) in [5.41, 5.74) is 2.63. The van der Waals surface area contributed by atoms with Crippen LogP contribution in [0.3, 0.4) is 0 Å². The predicted molar refractivity (Wildman–Crippen MR) is 105 cm³/mol. The van der Waals surface area contributed by atoms with Gasteiger partial charge >= 0.3 is 0 Å². The van der Waals surface area contributed by atoms with Crippen molar-refractivity contribution in [1.29, 1.82) is 0 Å². The van der Waals surface area contributed by atoms with Crippen molar-refractivity contribution in [2.45, 2.75) is 6.92 Å². The Morgan fingerprint density at radius 1 is 1.22 bits per heavy atom. The molecule has 0 saturated carbocycles. The van der Waals surface area contributed by atoms with Crippen LogP contribution in [0.4, 0.5) is 11.4 Å². The minimum absolute atomic E-state index is 0.228. The standard InChI is InChI=1S/C20H20N4O3/c1-13-10-19(25)22-12-15(13)20(26)23-17-2-3-18(24-6-8-27-9-7-24)14-4-5-21-11-16(14)17/h2-5,10-12H,6-9H2,1H3,(H,22,25)(H,23,26). The number of H-pyrrole nitrogens is 1. The highest BCUT2D eigenvalue weighted by Gasteiger charge is 2.17. The van der Waals surface area contributed by atoms with Crippen LogP contribution in [0.25, 0.3) is 10.8 Å². The molecule has 0 bridgehead atoms. The molecule has 0 unspecified atom stereocenters. The van der Waals surface area contributed by atoms with Crippen molar-refractivity contribution in [3.05, 3.63) is 64.3 Å². The van der Waals surface area contributed by atoms with E-state index in [-0.39, 0.29) is 11.5 Å². The molecule has 1 fully saturated rings. The van der Waals surface area contributed by atoms with Crippen LogP contribution in [0.15, 0.2) is 47.7 Å². The lowest BCUT2D eigenvalue weighted by Gasteiger charge is -2.30. The number of aromatic amines is 1. The summed E-state index contributed by atoms with van der Waals surface area (Å²) < 4.78 is 5.44. The zero-order chi connectivity index (χ0) is 18.8. The average molecular weight is 364 g/mol. The van der Waals surface area contributed by atoms with Crippen LogP contribution >= 0.6 is 0 Å². The third kappa shape index (κ3) is 3.41. The molecule has 3 heterocycles. The van der Waals surface area contributed by atoms with E-state index in [1.165, 1.54) is 12.3 Å². The Morgan fingerprint density at radius 2 is 2.04 bits per heavy atom. The van der Waals surface area contributed by atoms with Crippen LogP contribution in [0.2, 0.25) is 0 Å². The maximum atomic E-state index is 12.7. The van der Waals surface area contributed by atoms with Crippen LogP contribution in [-0.4, -0.2) is 42.2 Å². The van der Waals surface area contributed by atoms with Gasteiger partial charge in [0, 0.05) is 54.2 Å². The average Bonchev–Trinajstić information content (AvgIpc) is 2.69. The molecule has 0 atom stereocenters. The third-order valence-electron chi connectivity index (χ3n) is 4.77. The van der Waals surface area contributed by atoms with Gasteiger partial charge < -0.3 is 19.9 Å². The molecule has 1 amide bonds. The van der Waals surface area contributed by atoms with Crippen molar-refractivity contribution in [1.82, 2.24) is 9.97 Å². The second kappa shape index (κ2) is 7.20. The minimum atomic E-state index is -0.270. The molecule has 2 aromatic heterocycles. The molecular weight excluding hydrogens is 344 g/mol. The lowest BCUT2D eigenvalue weighted by atomic mass is 10.1. The van der Waals surface area contributed by atoms with Crippen molar-refractivity contribution in [3.8, 4) is 0 Å². The Kier molecular flexibility index (Phi) is 4.60. The van der Waals surface area contributed by atoms with Crippen molar-refractivity contribution >= 4 is 28.1 Å². The normalized spacial score (nSPS) is 14.3. The van der Waals surface area contributed by atoms with E-state index in [1.54, 1.807) is 19.3 Å². The molecule has 1 aliphatic heterocycles. The molecule has 1 saturated heterocycles. The van der Waals surface area contributed by atoms with Gasteiger partial charge in [0.25, 0.3) is 5.91 Å². The highest BCUT2D eigenvalue weighted by molar-refractivity contribution is 6.11. The monoisotopic (exact) mass is 364 g/mol. The molecule has 7 heteroatoms. The number of anilines is 2. The summed E-state index contributed by atoms with van der Waals surface area (Å²) in [7, 11) is 0. The number of pyridine rings is 2. The maximum absolute atomic E-state index is 12.7. The Labute approximate surface area is 156 Å². The van der Waals surface area contributed by atoms with Crippen molar-refractivity contribution in [3.63, 3.8) is 0 Å². The van der Waals surface area contributed by atoms with Crippen LogP contribution in [0, 0.1) is 6.92 Å². The highest BCUT2D eigenvalue weighted by Crippen LogP contribution is 2.32. The molecule has 4 rings (SSSR count). The minimum Gasteiger partial charge on any atom is -0.378 e. The van der Waals surface area contributed by atoms with E-state index in [9.17, 15) is 9.59 Å². The summed E-state index contributed by atoms with van der Waals surface area (Å²) in [5, 5.41) is 4.85. The molecule has 1 aliphatic rings. The number of fused-ring (bicyclic) bond motifs is 1. The van der Waals surface area contributed by atoms with E-state index in [1.807, 2.05) is 18.2 Å². The fraction of sp³-hybridized carbons (Fsp3) is 0.250. The fourth-order valence-electron chi connectivity index (χ4n) is 3.37. The third-order valence-corrected chi connectivity index (χ3v) is 4.77. The summed E-state index contributed by atoms with van der Waals surface area (Å²) in [6, 6.07) is 7.29. The number of hydrogen-bond donors (Lipinski definition) is 2. The number of amides is 1. The van der Waals surface area contributed by atoms with E-state index >= 15 is 0 Å². The van der Waals surface area contributed by atoms with Gasteiger partial charge in [-0.3, -0.25) is 14.6 Å². The first-order valence-corrected chi connectivity index (χ1v) is 8.83. The summed E-state index contributed by atoms with van der Waals surface area (Å²) >= 11 is 0. The lowest BCUT2D eigenvalue weighted by Crippen LogP contribution is -2.36. The van der Waals surface area contributed by atoms with Crippen LogP contribution in [0.1, 0.15) is 15.9 Å². The topological polar surface area (TPSA) is 87.3 Å². The van der Waals surface area contributed by atoms with Crippen molar-refractivity contribution in [2.24, 2.45) is 0 Å². The Morgan fingerprint density at radius 3 is 2.81 bits per heavy atom. The first-order chi connectivity index (χ1) is 13.1. The first-order valence-electron chi connectivity index (χ1n) is 8.83. The van der Waals surface area contributed by atoms with E-state index < -0.39 is 0 Å². The smallest absolute Gasteiger partial charge is 0.257 e. The number of aryl methyl sites for hydroxylation is 1. The summed E-state index contributed by atoms with van der Waals surface area (Å²) in [6.07, 6.45) is 4.95. The lowest BCUT2D eigenvalue weighted by molar-refractivity contribution is 0.102. The molecule has 0 radical (unpaired) electrons. The number of carbonyl (C=O) groups excluding carboxylic acids is 1. The van der Waals surface area contributed by atoms with Gasteiger partial charge in [0.2, 0.25) is 5.56 Å². The molecule has 0 spiro atoms. The first kappa shape index (κ1) is 17.2. The van der Waals surface area contributed by atoms with E-state index in [0.29, 0.717) is 30.0 Å². The molecule has 0 aliphatic carbocycles. The zero-order valence-corrected chi connectivity index (χ0v) is 15.0. The number of aromatic nitrogens is 2.